The summed E-state index contributed by atoms with van der Waals surface area (Å²) in [5.41, 5.74) is 2.31. The van der Waals surface area contributed by atoms with E-state index in [1.54, 1.807) is 0 Å². The average molecular weight is 372 g/mol. The summed E-state index contributed by atoms with van der Waals surface area (Å²) in [5, 5.41) is 0. The molecule has 1 aliphatic carbocycles. The van der Waals surface area contributed by atoms with Crippen LogP contribution in [0, 0.1) is 26.7 Å². The van der Waals surface area contributed by atoms with E-state index in [1.807, 2.05) is 6.92 Å². The molecule has 6 heteroatoms. The van der Waals surface area contributed by atoms with Crippen molar-refractivity contribution in [3.8, 4) is 0 Å². The molecule has 1 aromatic heterocycles. The summed E-state index contributed by atoms with van der Waals surface area (Å²) in [6.07, 6.45) is 5.27. The van der Waals surface area contributed by atoms with Crippen molar-refractivity contribution in [2.24, 2.45) is 5.92 Å². The average Bonchev–Trinajstić information content (AvgIpc) is 3.46. The van der Waals surface area contributed by atoms with Gasteiger partial charge in [-0.25, -0.2) is 9.97 Å². The van der Waals surface area contributed by atoms with Crippen LogP contribution < -0.4 is 4.90 Å². The molecule has 0 unspecified atom stereocenters. The Morgan fingerprint density at radius 2 is 1.85 bits per heavy atom. The topological polar surface area (TPSA) is 52.6 Å². The van der Waals surface area contributed by atoms with Gasteiger partial charge in [-0.15, -0.1) is 0 Å². The first-order valence-electron chi connectivity index (χ1n) is 10.4. The van der Waals surface area contributed by atoms with Crippen LogP contribution in [0.2, 0.25) is 0 Å². The van der Waals surface area contributed by atoms with Crippen molar-refractivity contribution in [1.29, 1.82) is 0 Å². The van der Waals surface area contributed by atoms with Crippen molar-refractivity contribution in [2.75, 3.05) is 44.7 Å². The lowest BCUT2D eigenvalue weighted by Gasteiger charge is -2.50. The molecule has 0 N–H and O–H groups in total. The number of likely N-dealkylation sites (N-methyl/N-ethyl adjacent to an activating group) is 1. The molecule has 1 spiro atoms. The van der Waals surface area contributed by atoms with Crippen molar-refractivity contribution < 1.29 is 4.79 Å². The number of carbonyl (C=O) groups is 1. The highest BCUT2D eigenvalue weighted by Crippen LogP contribution is 2.36. The number of nitrogens with zero attached hydrogens (tertiary/aromatic N) is 5. The molecule has 4 rings (SSSR count). The third-order valence-corrected chi connectivity index (χ3v) is 6.95. The quantitative estimate of drug-likeness (QED) is 0.816. The van der Waals surface area contributed by atoms with E-state index < -0.39 is 0 Å². The van der Waals surface area contributed by atoms with Crippen LogP contribution in [0.15, 0.2) is 0 Å². The molecule has 1 atom stereocenters. The molecule has 27 heavy (non-hydrogen) atoms. The maximum Gasteiger partial charge on any atom is 0.222 e. The Labute approximate surface area is 162 Å². The van der Waals surface area contributed by atoms with Gasteiger partial charge >= 0.3 is 0 Å². The summed E-state index contributed by atoms with van der Waals surface area (Å²) >= 11 is 0. The largest absolute Gasteiger partial charge is 0.353 e. The van der Waals surface area contributed by atoms with Crippen molar-refractivity contribution >= 4 is 11.7 Å². The minimum atomic E-state index is 0.0609. The number of amides is 1. The highest BCUT2D eigenvalue weighted by Gasteiger charge is 2.43. The zero-order chi connectivity index (χ0) is 19.2. The van der Waals surface area contributed by atoms with Crippen LogP contribution in [-0.2, 0) is 4.79 Å². The second-order valence-corrected chi connectivity index (χ2v) is 8.91. The zero-order valence-corrected chi connectivity index (χ0v) is 17.3. The first-order chi connectivity index (χ1) is 12.9. The van der Waals surface area contributed by atoms with Gasteiger partial charge in [-0.1, -0.05) is 0 Å². The summed E-state index contributed by atoms with van der Waals surface area (Å²) in [6.45, 7) is 11.0. The number of aryl methyl sites for hydroxylation is 2. The molecular formula is C21H33N5O. The summed E-state index contributed by atoms with van der Waals surface area (Å²) in [5.74, 6) is 3.04. The summed E-state index contributed by atoms with van der Waals surface area (Å²) in [7, 11) is 2.24. The molecule has 1 saturated carbocycles. The maximum absolute atomic E-state index is 12.7. The zero-order valence-electron chi connectivity index (χ0n) is 17.3. The second kappa shape index (κ2) is 7.04. The molecule has 2 saturated heterocycles. The molecule has 148 valence electrons. The highest BCUT2D eigenvalue weighted by atomic mass is 16.2. The predicted molar refractivity (Wildman–Crippen MR) is 107 cm³/mol. The van der Waals surface area contributed by atoms with E-state index in [4.69, 9.17) is 4.98 Å². The smallest absolute Gasteiger partial charge is 0.222 e. The first-order valence-corrected chi connectivity index (χ1v) is 10.4. The van der Waals surface area contributed by atoms with Crippen LogP contribution in [0.1, 0.15) is 49.2 Å². The Balaban J connectivity index is 1.56. The van der Waals surface area contributed by atoms with Crippen LogP contribution in [-0.4, -0.2) is 71.0 Å². The Hall–Kier alpha value is -1.69. The third kappa shape index (κ3) is 3.68. The Bertz CT molecular complexity index is 732. The lowest BCUT2D eigenvalue weighted by molar-refractivity contribution is -0.130. The molecule has 3 heterocycles. The van der Waals surface area contributed by atoms with Gasteiger partial charge < -0.3 is 9.80 Å². The fourth-order valence-corrected chi connectivity index (χ4v) is 4.74. The first kappa shape index (κ1) is 18.7. The lowest BCUT2D eigenvalue weighted by atomic mass is 9.86. The molecule has 0 bridgehead atoms. The van der Waals surface area contributed by atoms with Crippen molar-refractivity contribution in [2.45, 2.75) is 58.4 Å². The van der Waals surface area contributed by atoms with Crippen LogP contribution in [0.25, 0.3) is 0 Å². The van der Waals surface area contributed by atoms with Gasteiger partial charge in [0.15, 0.2) is 0 Å². The van der Waals surface area contributed by atoms with E-state index in [9.17, 15) is 4.79 Å². The fraction of sp³-hybridized carbons (Fsp3) is 0.762. The second-order valence-electron chi connectivity index (χ2n) is 8.91. The van der Waals surface area contributed by atoms with E-state index >= 15 is 0 Å². The molecule has 3 aliphatic rings. The van der Waals surface area contributed by atoms with Gasteiger partial charge in [-0.2, -0.15) is 0 Å². The van der Waals surface area contributed by atoms with Gasteiger partial charge in [-0.05, 0) is 59.4 Å². The predicted octanol–water partition coefficient (Wildman–Crippen LogP) is 2.31. The van der Waals surface area contributed by atoms with Gasteiger partial charge in [0, 0.05) is 55.9 Å². The SMILES string of the molecule is Cc1nc(C)c(C)c(N2CCN(C)[C@]3(CCC(=O)N(CC4CC4)CC3)C2)n1. The fourth-order valence-electron chi connectivity index (χ4n) is 4.74. The lowest BCUT2D eigenvalue weighted by Crippen LogP contribution is -2.61. The summed E-state index contributed by atoms with van der Waals surface area (Å²) in [6, 6.07) is 0. The number of carbonyl (C=O) groups excluding carboxylic acids is 1. The van der Waals surface area contributed by atoms with Gasteiger partial charge in [0.2, 0.25) is 5.91 Å². The van der Waals surface area contributed by atoms with E-state index in [1.165, 1.54) is 18.4 Å². The Morgan fingerprint density at radius 1 is 1.07 bits per heavy atom. The number of hydrogen-bond acceptors (Lipinski definition) is 5. The standard InChI is InChI=1S/C21H33N5O/c1-15-16(2)22-17(3)23-20(15)26-12-11-24(4)21(14-26)8-7-19(27)25(10-9-21)13-18-5-6-18/h18H,5-14H2,1-4H3/t21-/m0/s1. The monoisotopic (exact) mass is 371 g/mol. The minimum absolute atomic E-state index is 0.0609. The Morgan fingerprint density at radius 3 is 2.59 bits per heavy atom. The molecule has 0 radical (unpaired) electrons. The summed E-state index contributed by atoms with van der Waals surface area (Å²) < 4.78 is 0. The molecule has 3 fully saturated rings. The number of hydrogen-bond donors (Lipinski definition) is 0. The summed E-state index contributed by atoms with van der Waals surface area (Å²) in [4.78, 5) is 29.1. The number of rotatable bonds is 3. The van der Waals surface area contributed by atoms with E-state index in [0.717, 1.165) is 68.8 Å². The van der Waals surface area contributed by atoms with Gasteiger partial charge in [0.05, 0.1) is 0 Å². The maximum atomic E-state index is 12.7. The number of piperazine rings is 1. The highest BCUT2D eigenvalue weighted by molar-refractivity contribution is 5.76. The van der Waals surface area contributed by atoms with Crippen LogP contribution in [0.5, 0.6) is 0 Å². The van der Waals surface area contributed by atoms with Gasteiger partial charge in [0.1, 0.15) is 11.6 Å². The van der Waals surface area contributed by atoms with Crippen LogP contribution >= 0.6 is 0 Å². The molecular weight excluding hydrogens is 338 g/mol. The number of aromatic nitrogens is 2. The molecule has 2 aliphatic heterocycles. The number of likely N-dealkylation sites (tertiary alicyclic amines) is 1. The molecule has 1 aromatic rings. The number of anilines is 1. The van der Waals surface area contributed by atoms with Crippen LogP contribution in [0.4, 0.5) is 5.82 Å². The van der Waals surface area contributed by atoms with Crippen molar-refractivity contribution in [3.05, 3.63) is 17.1 Å². The van der Waals surface area contributed by atoms with E-state index in [-0.39, 0.29) is 5.54 Å². The Kier molecular flexibility index (Phi) is 4.87. The van der Waals surface area contributed by atoms with Crippen LogP contribution in [0.3, 0.4) is 0 Å². The van der Waals surface area contributed by atoms with Crippen molar-refractivity contribution in [1.82, 2.24) is 19.8 Å². The van der Waals surface area contributed by atoms with E-state index in [0.29, 0.717) is 12.3 Å². The molecule has 0 aromatic carbocycles. The van der Waals surface area contributed by atoms with E-state index in [2.05, 4.69) is 40.6 Å². The van der Waals surface area contributed by atoms with Gasteiger partial charge in [0.25, 0.3) is 0 Å². The normalized spacial score (nSPS) is 27.3. The minimum Gasteiger partial charge on any atom is -0.353 e. The molecule has 1 amide bonds. The van der Waals surface area contributed by atoms with Crippen molar-refractivity contribution in [3.63, 3.8) is 0 Å². The molecule has 6 nitrogen and oxygen atoms in total. The third-order valence-electron chi connectivity index (χ3n) is 6.95. The van der Waals surface area contributed by atoms with Gasteiger partial charge in [-0.3, -0.25) is 9.69 Å².